The summed E-state index contributed by atoms with van der Waals surface area (Å²) in [5.74, 6) is 0.744. The Morgan fingerprint density at radius 1 is 1.00 bits per heavy atom. The third-order valence-corrected chi connectivity index (χ3v) is 7.92. The highest BCUT2D eigenvalue weighted by Crippen LogP contribution is 2.46. The van der Waals surface area contributed by atoms with Crippen molar-refractivity contribution in [3.63, 3.8) is 0 Å². The van der Waals surface area contributed by atoms with E-state index in [4.69, 9.17) is 9.47 Å². The van der Waals surface area contributed by atoms with Gasteiger partial charge in [-0.15, -0.1) is 0 Å². The van der Waals surface area contributed by atoms with Gasteiger partial charge in [0, 0.05) is 40.6 Å². The van der Waals surface area contributed by atoms with Gasteiger partial charge in [0.15, 0.2) is 17.3 Å². The SMILES string of the molecule is COc1ccc([C@H]2CC(=O)C3=C(C2)NC(C)=C(C(=O)Nc2ccccc2C)[C@H]3c2ccsc2)cc1OC. The van der Waals surface area contributed by atoms with Crippen LogP contribution in [0.2, 0.25) is 0 Å². The van der Waals surface area contributed by atoms with E-state index in [0.717, 1.165) is 33.8 Å². The number of Topliss-reactive ketones (excluding diaryl/α,β-unsaturated/α-hetero) is 1. The fourth-order valence-corrected chi connectivity index (χ4v) is 6.04. The molecule has 7 heteroatoms. The van der Waals surface area contributed by atoms with E-state index >= 15 is 0 Å². The molecule has 1 aromatic heterocycles. The van der Waals surface area contributed by atoms with Crippen molar-refractivity contribution in [3.05, 3.63) is 98.5 Å². The van der Waals surface area contributed by atoms with Crippen LogP contribution in [0, 0.1) is 6.92 Å². The van der Waals surface area contributed by atoms with E-state index < -0.39 is 5.92 Å². The van der Waals surface area contributed by atoms with E-state index in [1.54, 1.807) is 25.6 Å². The molecule has 37 heavy (non-hydrogen) atoms. The fourth-order valence-electron chi connectivity index (χ4n) is 5.36. The second-order valence-electron chi connectivity index (χ2n) is 9.46. The largest absolute Gasteiger partial charge is 0.493 e. The molecule has 5 rings (SSSR count). The maximum Gasteiger partial charge on any atom is 0.254 e. The number of carbonyl (C=O) groups is 2. The number of rotatable bonds is 6. The van der Waals surface area contributed by atoms with Gasteiger partial charge in [-0.1, -0.05) is 24.3 Å². The van der Waals surface area contributed by atoms with Crippen LogP contribution in [0.25, 0.3) is 0 Å². The molecule has 1 aliphatic heterocycles. The Morgan fingerprint density at radius 2 is 1.78 bits per heavy atom. The van der Waals surface area contributed by atoms with Gasteiger partial charge < -0.3 is 20.1 Å². The first-order valence-electron chi connectivity index (χ1n) is 12.3. The quantitative estimate of drug-likeness (QED) is 0.417. The van der Waals surface area contributed by atoms with Crippen LogP contribution < -0.4 is 20.1 Å². The van der Waals surface area contributed by atoms with Gasteiger partial charge in [0.1, 0.15) is 0 Å². The number of methoxy groups -OCH3 is 2. The summed E-state index contributed by atoms with van der Waals surface area (Å²) >= 11 is 1.57. The maximum absolute atomic E-state index is 13.8. The zero-order valence-corrected chi connectivity index (χ0v) is 22.2. The summed E-state index contributed by atoms with van der Waals surface area (Å²) in [6.45, 7) is 3.88. The van der Waals surface area contributed by atoms with Crippen LogP contribution in [0.5, 0.6) is 11.5 Å². The van der Waals surface area contributed by atoms with Crippen molar-refractivity contribution >= 4 is 28.7 Å². The van der Waals surface area contributed by atoms with Crippen LogP contribution in [0.1, 0.15) is 48.3 Å². The van der Waals surface area contributed by atoms with Crippen LogP contribution >= 0.6 is 11.3 Å². The molecule has 1 amide bonds. The lowest BCUT2D eigenvalue weighted by atomic mass is 9.72. The Balaban J connectivity index is 1.51. The zero-order valence-electron chi connectivity index (χ0n) is 21.4. The third-order valence-electron chi connectivity index (χ3n) is 7.22. The molecule has 0 unspecified atom stereocenters. The number of nitrogens with one attached hydrogen (secondary N) is 2. The number of amides is 1. The fraction of sp³-hybridized carbons (Fsp3) is 0.267. The average molecular weight is 515 g/mol. The number of anilines is 1. The number of hydrogen-bond acceptors (Lipinski definition) is 6. The summed E-state index contributed by atoms with van der Waals surface area (Å²) in [4.78, 5) is 27.4. The molecule has 0 bridgehead atoms. The molecule has 0 spiro atoms. The van der Waals surface area contributed by atoms with Gasteiger partial charge in [-0.05, 0) is 77.9 Å². The lowest BCUT2D eigenvalue weighted by molar-refractivity contribution is -0.116. The second-order valence-corrected chi connectivity index (χ2v) is 10.2. The van der Waals surface area contributed by atoms with Crippen molar-refractivity contribution in [3.8, 4) is 11.5 Å². The van der Waals surface area contributed by atoms with Crippen LogP contribution in [-0.2, 0) is 9.59 Å². The number of ketones is 1. The molecule has 0 radical (unpaired) electrons. The lowest BCUT2D eigenvalue weighted by Crippen LogP contribution is -2.37. The topological polar surface area (TPSA) is 76.7 Å². The Bertz CT molecular complexity index is 1420. The lowest BCUT2D eigenvalue weighted by Gasteiger charge is -2.36. The molecule has 2 N–H and O–H groups in total. The summed E-state index contributed by atoms with van der Waals surface area (Å²) < 4.78 is 10.9. The minimum atomic E-state index is -0.412. The molecule has 2 aromatic carbocycles. The average Bonchev–Trinajstić information content (AvgIpc) is 3.43. The molecular formula is C30H30N2O4S. The van der Waals surface area contributed by atoms with Gasteiger partial charge in [-0.3, -0.25) is 9.59 Å². The Morgan fingerprint density at radius 3 is 2.49 bits per heavy atom. The van der Waals surface area contributed by atoms with Crippen molar-refractivity contribution in [2.45, 2.75) is 38.5 Å². The summed E-state index contributed by atoms with van der Waals surface area (Å²) in [6, 6.07) is 15.5. The molecule has 2 atom stereocenters. The standard InChI is InChI=1S/C30H30N2O4S/c1-17-7-5-6-8-22(17)32-30(34)27-18(2)31-23-13-21(19-9-10-25(35-3)26(15-19)36-4)14-24(33)29(23)28(27)20-11-12-37-16-20/h5-12,15-16,21,28,31H,13-14H2,1-4H3,(H,32,34)/t21-,28-/m1/s1. The van der Waals surface area contributed by atoms with Crippen molar-refractivity contribution < 1.29 is 19.1 Å². The summed E-state index contributed by atoms with van der Waals surface area (Å²) in [5.41, 5.74) is 6.66. The Labute approximate surface area is 221 Å². The summed E-state index contributed by atoms with van der Waals surface area (Å²) in [7, 11) is 3.22. The molecule has 0 fully saturated rings. The first-order valence-corrected chi connectivity index (χ1v) is 13.2. The van der Waals surface area contributed by atoms with Gasteiger partial charge in [0.2, 0.25) is 0 Å². The molecule has 3 aromatic rings. The van der Waals surface area contributed by atoms with Crippen molar-refractivity contribution in [1.82, 2.24) is 5.32 Å². The molecule has 1 aliphatic carbocycles. The number of para-hydroxylation sites is 1. The Kier molecular flexibility index (Phi) is 6.89. The predicted octanol–water partition coefficient (Wildman–Crippen LogP) is 6.07. The van der Waals surface area contributed by atoms with Crippen LogP contribution in [0.15, 0.2) is 81.8 Å². The smallest absolute Gasteiger partial charge is 0.254 e. The van der Waals surface area contributed by atoms with E-state index in [0.29, 0.717) is 35.5 Å². The number of allylic oxidation sites excluding steroid dienone is 3. The monoisotopic (exact) mass is 514 g/mol. The molecule has 6 nitrogen and oxygen atoms in total. The Hall–Kier alpha value is -3.84. The zero-order chi connectivity index (χ0) is 26.1. The maximum atomic E-state index is 13.8. The van der Waals surface area contributed by atoms with E-state index in [2.05, 4.69) is 10.6 Å². The molecular weight excluding hydrogens is 484 g/mol. The predicted molar refractivity (Wildman–Crippen MR) is 146 cm³/mol. The second kappa shape index (κ2) is 10.3. The van der Waals surface area contributed by atoms with Crippen LogP contribution in [0.3, 0.4) is 0 Å². The van der Waals surface area contributed by atoms with E-state index in [1.165, 1.54) is 0 Å². The van der Waals surface area contributed by atoms with E-state index in [9.17, 15) is 9.59 Å². The summed E-state index contributed by atoms with van der Waals surface area (Å²) in [6.07, 6.45) is 1.03. The van der Waals surface area contributed by atoms with Gasteiger partial charge in [0.25, 0.3) is 5.91 Å². The van der Waals surface area contributed by atoms with Gasteiger partial charge in [0.05, 0.1) is 14.2 Å². The number of benzene rings is 2. The van der Waals surface area contributed by atoms with Gasteiger partial charge >= 0.3 is 0 Å². The number of thiophene rings is 1. The minimum absolute atomic E-state index is 0.00294. The molecule has 0 saturated heterocycles. The van der Waals surface area contributed by atoms with E-state index in [1.807, 2.05) is 73.1 Å². The van der Waals surface area contributed by atoms with Crippen molar-refractivity contribution in [1.29, 1.82) is 0 Å². The highest BCUT2D eigenvalue weighted by Gasteiger charge is 2.41. The minimum Gasteiger partial charge on any atom is -0.493 e. The summed E-state index contributed by atoms with van der Waals surface area (Å²) in [5, 5.41) is 10.5. The van der Waals surface area contributed by atoms with Gasteiger partial charge in [-0.2, -0.15) is 11.3 Å². The number of carbonyl (C=O) groups excluding carboxylic acids is 2. The highest BCUT2D eigenvalue weighted by molar-refractivity contribution is 7.08. The molecule has 2 aliphatic rings. The molecule has 2 heterocycles. The third kappa shape index (κ3) is 4.67. The first kappa shape index (κ1) is 24.8. The number of ether oxygens (including phenoxy) is 2. The van der Waals surface area contributed by atoms with Crippen LogP contribution in [0.4, 0.5) is 5.69 Å². The number of dihydropyridines is 1. The molecule has 190 valence electrons. The van der Waals surface area contributed by atoms with E-state index in [-0.39, 0.29) is 17.6 Å². The number of hydrogen-bond donors (Lipinski definition) is 2. The highest BCUT2D eigenvalue weighted by atomic mass is 32.1. The first-order chi connectivity index (χ1) is 17.9. The number of aryl methyl sites for hydroxylation is 1. The normalized spacial score (nSPS) is 19.3. The van der Waals surface area contributed by atoms with Crippen molar-refractivity contribution in [2.24, 2.45) is 0 Å². The van der Waals surface area contributed by atoms with Crippen LogP contribution in [-0.4, -0.2) is 25.9 Å². The molecule has 0 saturated carbocycles. The van der Waals surface area contributed by atoms with Crippen molar-refractivity contribution in [2.75, 3.05) is 19.5 Å². The van der Waals surface area contributed by atoms with Gasteiger partial charge in [-0.25, -0.2) is 0 Å².